The van der Waals surface area contributed by atoms with Gasteiger partial charge in [0.1, 0.15) is 5.82 Å². The molecule has 0 amide bonds. The molecule has 0 aliphatic heterocycles. The Balaban J connectivity index is 1.82. The quantitative estimate of drug-likeness (QED) is 0.171. The van der Waals surface area contributed by atoms with E-state index in [9.17, 15) is 4.39 Å². The van der Waals surface area contributed by atoms with Crippen molar-refractivity contribution in [3.63, 3.8) is 0 Å². The number of halogens is 3. The van der Waals surface area contributed by atoms with E-state index in [4.69, 9.17) is 28.6 Å². The zero-order valence-electron chi connectivity index (χ0n) is 14.7. The van der Waals surface area contributed by atoms with Gasteiger partial charge in [-0.15, -0.1) is 0 Å². The molecular weight excluding hydrogens is 398 g/mol. The summed E-state index contributed by atoms with van der Waals surface area (Å²) in [5.41, 5.74) is 4.55. The summed E-state index contributed by atoms with van der Waals surface area (Å²) in [6, 6.07) is 14.4. The number of H-pyrrole nitrogens is 1. The van der Waals surface area contributed by atoms with Gasteiger partial charge in [0.15, 0.2) is 0 Å². The molecule has 7 heteroatoms. The van der Waals surface area contributed by atoms with E-state index < -0.39 is 5.82 Å². The monoisotopic (exact) mass is 414 g/mol. The van der Waals surface area contributed by atoms with Crippen LogP contribution in [0.2, 0.25) is 10.0 Å². The third-order valence-electron chi connectivity index (χ3n) is 4.60. The highest BCUT2D eigenvalue weighted by atomic mass is 35.5. The Morgan fingerprint density at radius 3 is 2.64 bits per heavy atom. The summed E-state index contributed by atoms with van der Waals surface area (Å²) in [5, 5.41) is 16.1. The minimum atomic E-state index is -0.470. The molecular formula is C21H17Cl2FN4. The standard InChI is InChI=1S/C21H17Cl2FN4/c22-13-1-4-20-16(8-13)17-9-15(27-14-2-3-18(23)19(24)10-14)7-12(21(17)28-20)5-6-26-11-25/h1-4,7-11,27-28H,5-6H2,(H2,25,26). The van der Waals surface area contributed by atoms with E-state index in [1.165, 1.54) is 18.5 Å². The van der Waals surface area contributed by atoms with Crippen LogP contribution in [0, 0.1) is 11.2 Å². The fourth-order valence-corrected chi connectivity index (χ4v) is 3.62. The molecule has 0 saturated heterocycles. The molecule has 4 aromatic rings. The molecule has 3 aromatic carbocycles. The molecule has 1 heterocycles. The number of hydrogen-bond acceptors (Lipinski definition) is 2. The van der Waals surface area contributed by atoms with E-state index in [0.717, 1.165) is 39.5 Å². The summed E-state index contributed by atoms with van der Waals surface area (Å²) in [4.78, 5) is 3.46. The molecule has 0 spiro atoms. The van der Waals surface area contributed by atoms with E-state index in [1.54, 1.807) is 6.07 Å². The molecule has 4 N–H and O–H groups in total. The topological polar surface area (TPSA) is 63.7 Å². The highest BCUT2D eigenvalue weighted by Crippen LogP contribution is 2.34. The Morgan fingerprint density at radius 2 is 1.86 bits per heavy atom. The van der Waals surface area contributed by atoms with Crippen LogP contribution >= 0.6 is 23.2 Å². The highest BCUT2D eigenvalue weighted by Gasteiger charge is 2.12. The summed E-state index contributed by atoms with van der Waals surface area (Å²) in [7, 11) is 0. The molecule has 0 radical (unpaired) electrons. The first kappa shape index (κ1) is 18.6. The van der Waals surface area contributed by atoms with Gasteiger partial charge < -0.3 is 15.6 Å². The van der Waals surface area contributed by atoms with Gasteiger partial charge in [-0.1, -0.05) is 23.2 Å². The van der Waals surface area contributed by atoms with Gasteiger partial charge in [0.25, 0.3) is 0 Å². The van der Waals surface area contributed by atoms with Gasteiger partial charge in [-0.3, -0.25) is 5.41 Å². The Morgan fingerprint density at radius 1 is 1.00 bits per heavy atom. The van der Waals surface area contributed by atoms with Crippen molar-refractivity contribution in [1.29, 1.82) is 5.41 Å². The van der Waals surface area contributed by atoms with E-state index in [-0.39, 0.29) is 5.02 Å². The maximum atomic E-state index is 13.8. The number of anilines is 2. The van der Waals surface area contributed by atoms with Crippen LogP contribution in [0.15, 0.2) is 48.5 Å². The summed E-state index contributed by atoms with van der Waals surface area (Å²) < 4.78 is 13.8. The molecule has 0 unspecified atom stereocenters. The Labute approximate surface area is 171 Å². The van der Waals surface area contributed by atoms with Crippen molar-refractivity contribution in [2.24, 2.45) is 0 Å². The second-order valence-electron chi connectivity index (χ2n) is 6.48. The maximum absolute atomic E-state index is 13.8. The fourth-order valence-electron chi connectivity index (χ4n) is 3.33. The zero-order chi connectivity index (χ0) is 19.7. The van der Waals surface area contributed by atoms with Gasteiger partial charge in [0.2, 0.25) is 0 Å². The molecule has 0 fully saturated rings. The molecule has 142 valence electrons. The second-order valence-corrected chi connectivity index (χ2v) is 7.32. The third kappa shape index (κ3) is 3.63. The van der Waals surface area contributed by atoms with Gasteiger partial charge >= 0.3 is 0 Å². The lowest BCUT2D eigenvalue weighted by molar-refractivity contribution is 0.629. The zero-order valence-corrected chi connectivity index (χ0v) is 16.3. The summed E-state index contributed by atoms with van der Waals surface area (Å²) in [6.45, 7) is 0.633. The summed E-state index contributed by atoms with van der Waals surface area (Å²) in [5.74, 6) is -0.470. The molecule has 0 atom stereocenters. The fraction of sp³-hybridized carbons (Fsp3) is 0.0952. The first-order valence-corrected chi connectivity index (χ1v) is 9.49. The van der Waals surface area contributed by atoms with Crippen LogP contribution in [0.25, 0.3) is 21.8 Å². The average Bonchev–Trinajstić information content (AvgIpc) is 3.03. The number of aromatic nitrogens is 1. The Bertz CT molecular complexity index is 1190. The Kier molecular flexibility index (Phi) is 5.11. The van der Waals surface area contributed by atoms with Crippen LogP contribution in [0.1, 0.15) is 5.56 Å². The number of rotatable bonds is 6. The maximum Gasteiger partial charge on any atom is 0.143 e. The number of benzene rings is 3. The van der Waals surface area contributed by atoms with E-state index in [2.05, 4.69) is 15.6 Å². The van der Waals surface area contributed by atoms with Crippen molar-refractivity contribution >= 4 is 62.7 Å². The molecule has 4 nitrogen and oxygen atoms in total. The first-order chi connectivity index (χ1) is 13.5. The minimum absolute atomic E-state index is 0.0886. The summed E-state index contributed by atoms with van der Waals surface area (Å²) in [6.07, 6.45) is 1.90. The highest BCUT2D eigenvalue weighted by molar-refractivity contribution is 6.32. The lowest BCUT2D eigenvalue weighted by Gasteiger charge is -2.11. The van der Waals surface area contributed by atoms with Crippen LogP contribution in [0.4, 0.5) is 15.8 Å². The van der Waals surface area contributed by atoms with Crippen molar-refractivity contribution in [3.05, 3.63) is 70.0 Å². The van der Waals surface area contributed by atoms with Crippen LogP contribution in [0.3, 0.4) is 0 Å². The largest absolute Gasteiger partial charge is 0.376 e. The van der Waals surface area contributed by atoms with Crippen LogP contribution in [-0.4, -0.2) is 17.9 Å². The van der Waals surface area contributed by atoms with Crippen molar-refractivity contribution in [2.75, 3.05) is 11.9 Å². The molecule has 0 aliphatic rings. The van der Waals surface area contributed by atoms with Gasteiger partial charge in [0, 0.05) is 44.7 Å². The predicted molar refractivity (Wildman–Crippen MR) is 116 cm³/mol. The number of aromatic amines is 1. The molecule has 0 aliphatic carbocycles. The van der Waals surface area contributed by atoms with E-state index in [0.29, 0.717) is 17.3 Å². The molecule has 28 heavy (non-hydrogen) atoms. The molecule has 4 rings (SSSR count). The smallest absolute Gasteiger partial charge is 0.143 e. The van der Waals surface area contributed by atoms with Crippen molar-refractivity contribution in [1.82, 2.24) is 10.3 Å². The normalized spacial score (nSPS) is 11.1. The Hall–Kier alpha value is -2.76. The average molecular weight is 415 g/mol. The number of nitrogens with one attached hydrogen (secondary N) is 4. The first-order valence-electron chi connectivity index (χ1n) is 8.73. The lowest BCUT2D eigenvalue weighted by Crippen LogP contribution is -2.14. The summed E-state index contributed by atoms with van der Waals surface area (Å²) >= 11 is 12.0. The van der Waals surface area contributed by atoms with Gasteiger partial charge in [-0.25, -0.2) is 4.39 Å². The minimum Gasteiger partial charge on any atom is -0.376 e. The van der Waals surface area contributed by atoms with Crippen LogP contribution in [0.5, 0.6) is 0 Å². The van der Waals surface area contributed by atoms with E-state index >= 15 is 0 Å². The molecule has 0 bridgehead atoms. The predicted octanol–water partition coefficient (Wildman–Crippen LogP) is 6.25. The number of fused-ring (bicyclic) bond motifs is 3. The van der Waals surface area contributed by atoms with Crippen molar-refractivity contribution < 1.29 is 4.39 Å². The van der Waals surface area contributed by atoms with Gasteiger partial charge in [-0.05, 0) is 60.5 Å². The molecule has 1 aromatic heterocycles. The van der Waals surface area contributed by atoms with Gasteiger partial charge in [-0.2, -0.15) is 0 Å². The van der Waals surface area contributed by atoms with Crippen molar-refractivity contribution in [2.45, 2.75) is 6.42 Å². The SMILES string of the molecule is N=CNCCc1cc(Nc2ccc(Cl)c(F)c2)cc2c1[nH]c1ccc(Cl)cc12. The third-order valence-corrected chi connectivity index (χ3v) is 5.14. The lowest BCUT2D eigenvalue weighted by atomic mass is 10.0. The second kappa shape index (κ2) is 7.70. The van der Waals surface area contributed by atoms with Crippen LogP contribution < -0.4 is 10.6 Å². The van der Waals surface area contributed by atoms with Crippen molar-refractivity contribution in [3.8, 4) is 0 Å². The number of hydrogen-bond donors (Lipinski definition) is 4. The van der Waals surface area contributed by atoms with Crippen LogP contribution in [-0.2, 0) is 6.42 Å². The molecule has 0 saturated carbocycles. The van der Waals surface area contributed by atoms with Gasteiger partial charge in [0.05, 0.1) is 11.4 Å². The van der Waals surface area contributed by atoms with E-state index in [1.807, 2.05) is 30.3 Å².